The van der Waals surface area contributed by atoms with Crippen molar-refractivity contribution < 1.29 is 12.9 Å². The minimum absolute atomic E-state index is 0.111. The molecule has 2 heterocycles. The van der Waals surface area contributed by atoms with Crippen LogP contribution in [0.3, 0.4) is 0 Å². The molecule has 1 spiro atoms. The fourth-order valence-corrected chi connectivity index (χ4v) is 4.55. The molecule has 0 amide bonds. The molecule has 0 bridgehead atoms. The Kier molecular flexibility index (Phi) is 3.25. The summed E-state index contributed by atoms with van der Waals surface area (Å²) in [7, 11) is -0.629. The zero-order chi connectivity index (χ0) is 18.1. The summed E-state index contributed by atoms with van der Waals surface area (Å²) >= 11 is 0. The van der Waals surface area contributed by atoms with Gasteiger partial charge in [-0.3, -0.25) is 4.72 Å². The number of hydrogen-bond donors (Lipinski definition) is 1. The van der Waals surface area contributed by atoms with Gasteiger partial charge >= 0.3 is 10.2 Å². The van der Waals surface area contributed by atoms with Crippen LogP contribution in [0.2, 0.25) is 0 Å². The van der Waals surface area contributed by atoms with Crippen molar-refractivity contribution in [2.24, 2.45) is 0 Å². The van der Waals surface area contributed by atoms with Crippen molar-refractivity contribution >= 4 is 21.7 Å². The van der Waals surface area contributed by atoms with Crippen LogP contribution in [0.1, 0.15) is 30.4 Å². The van der Waals surface area contributed by atoms with Crippen LogP contribution in [0.25, 0.3) is 11.3 Å². The van der Waals surface area contributed by atoms with Crippen molar-refractivity contribution in [2.75, 3.05) is 36.8 Å². The van der Waals surface area contributed by atoms with E-state index < -0.39 is 10.2 Å². The van der Waals surface area contributed by atoms with Crippen LogP contribution >= 0.6 is 0 Å². The number of nitrogens with one attached hydrogen (secondary N) is 1. The number of nitrogens with zero attached hydrogens (tertiary/aromatic N) is 3. The standard InChI is InChI=1S/C18H22N4O3S/c1-21(2)26(23,24)20-17-14-11-18(6-7-18)15-5-4-12(22-8-3-9-22)10-13(15)16(14)25-19-17/h4-5,10H,3,6-9,11H2,1-2H3,(H,19,20). The summed E-state index contributed by atoms with van der Waals surface area (Å²) in [6, 6.07) is 6.61. The lowest BCUT2D eigenvalue weighted by Gasteiger charge is -2.34. The second kappa shape index (κ2) is 5.23. The minimum Gasteiger partial charge on any atom is -0.371 e. The lowest BCUT2D eigenvalue weighted by molar-refractivity contribution is 0.431. The Morgan fingerprint density at radius 3 is 2.65 bits per heavy atom. The number of rotatable bonds is 4. The maximum Gasteiger partial charge on any atom is 0.302 e. The average Bonchev–Trinajstić information content (AvgIpc) is 3.20. The Labute approximate surface area is 153 Å². The Morgan fingerprint density at radius 1 is 1.27 bits per heavy atom. The molecule has 1 N–H and O–H groups in total. The molecule has 5 rings (SSSR count). The van der Waals surface area contributed by atoms with E-state index in [2.05, 4.69) is 33.0 Å². The van der Waals surface area contributed by atoms with E-state index in [4.69, 9.17) is 4.52 Å². The van der Waals surface area contributed by atoms with E-state index >= 15 is 0 Å². The molecule has 1 aromatic carbocycles. The molecule has 1 saturated carbocycles. The molecule has 138 valence electrons. The molecule has 0 unspecified atom stereocenters. The summed E-state index contributed by atoms with van der Waals surface area (Å²) in [6.07, 6.45) is 4.24. The Balaban J connectivity index is 1.60. The zero-order valence-electron chi connectivity index (χ0n) is 14.9. The molecule has 2 aromatic rings. The second-order valence-corrected chi connectivity index (χ2v) is 9.64. The smallest absolute Gasteiger partial charge is 0.302 e. The van der Waals surface area contributed by atoms with Gasteiger partial charge in [0.05, 0.1) is 0 Å². The lowest BCUT2D eigenvalue weighted by Crippen LogP contribution is -2.37. The van der Waals surface area contributed by atoms with E-state index in [9.17, 15) is 8.42 Å². The Morgan fingerprint density at radius 2 is 2.04 bits per heavy atom. The van der Waals surface area contributed by atoms with Crippen LogP contribution in [0.15, 0.2) is 22.7 Å². The molecule has 2 fully saturated rings. The van der Waals surface area contributed by atoms with Gasteiger partial charge in [-0.15, -0.1) is 0 Å². The second-order valence-electron chi connectivity index (χ2n) is 7.76. The van der Waals surface area contributed by atoms with Gasteiger partial charge in [0.25, 0.3) is 0 Å². The summed E-state index contributed by atoms with van der Waals surface area (Å²) in [6.45, 7) is 2.17. The highest BCUT2D eigenvalue weighted by Gasteiger charge is 2.50. The molecule has 7 nitrogen and oxygen atoms in total. The van der Waals surface area contributed by atoms with Crippen LogP contribution in [-0.4, -0.2) is 45.1 Å². The van der Waals surface area contributed by atoms with Crippen molar-refractivity contribution in [3.63, 3.8) is 0 Å². The van der Waals surface area contributed by atoms with Crippen molar-refractivity contribution in [3.8, 4) is 11.3 Å². The SMILES string of the molecule is CN(C)S(=O)(=O)Nc1noc2c1CC1(CC1)c1ccc(N3CCC3)cc1-2. The van der Waals surface area contributed by atoms with Crippen LogP contribution in [-0.2, 0) is 22.0 Å². The molecule has 0 atom stereocenters. The van der Waals surface area contributed by atoms with E-state index in [1.54, 1.807) is 0 Å². The molecular weight excluding hydrogens is 352 g/mol. The molecule has 1 aromatic heterocycles. The molecule has 1 aliphatic heterocycles. The van der Waals surface area contributed by atoms with E-state index in [1.165, 1.54) is 31.8 Å². The highest BCUT2D eigenvalue weighted by molar-refractivity contribution is 7.90. The van der Waals surface area contributed by atoms with Crippen LogP contribution in [0.5, 0.6) is 0 Å². The van der Waals surface area contributed by atoms with Gasteiger partial charge in [-0.1, -0.05) is 11.2 Å². The van der Waals surface area contributed by atoms with Gasteiger partial charge in [0.15, 0.2) is 11.6 Å². The van der Waals surface area contributed by atoms with Crippen LogP contribution in [0.4, 0.5) is 11.5 Å². The Hall–Kier alpha value is -2.06. The van der Waals surface area contributed by atoms with Crippen molar-refractivity contribution in [1.82, 2.24) is 9.46 Å². The maximum absolute atomic E-state index is 12.2. The van der Waals surface area contributed by atoms with Crippen molar-refractivity contribution in [3.05, 3.63) is 29.3 Å². The third-order valence-corrected chi connectivity index (χ3v) is 7.32. The number of fused-ring (bicyclic) bond motifs is 4. The molecule has 0 radical (unpaired) electrons. The topological polar surface area (TPSA) is 78.7 Å². The molecule has 1 saturated heterocycles. The Bertz CT molecular complexity index is 988. The molecule has 8 heteroatoms. The molecule has 26 heavy (non-hydrogen) atoms. The number of hydrogen-bond acceptors (Lipinski definition) is 5. The van der Waals surface area contributed by atoms with Gasteiger partial charge in [-0.2, -0.15) is 12.7 Å². The predicted molar refractivity (Wildman–Crippen MR) is 99.6 cm³/mol. The first-order chi connectivity index (χ1) is 12.4. The zero-order valence-corrected chi connectivity index (χ0v) is 15.8. The maximum atomic E-state index is 12.2. The van der Waals surface area contributed by atoms with Crippen molar-refractivity contribution in [2.45, 2.75) is 31.1 Å². The summed E-state index contributed by atoms with van der Waals surface area (Å²) in [5, 5.41) is 4.06. The number of aromatic nitrogens is 1. The lowest BCUT2D eigenvalue weighted by atomic mass is 9.79. The summed E-state index contributed by atoms with van der Waals surface area (Å²) in [5.74, 6) is 1.02. The molecular formula is C18H22N4O3S. The number of benzene rings is 1. The van der Waals surface area contributed by atoms with Crippen molar-refractivity contribution in [1.29, 1.82) is 0 Å². The summed E-state index contributed by atoms with van der Waals surface area (Å²) < 4.78 is 33.8. The average molecular weight is 374 g/mol. The largest absolute Gasteiger partial charge is 0.371 e. The van der Waals surface area contributed by atoms with Gasteiger partial charge < -0.3 is 9.42 Å². The molecule has 3 aliphatic rings. The molecule has 2 aliphatic carbocycles. The summed E-state index contributed by atoms with van der Waals surface area (Å²) in [5.41, 5.74) is 4.56. The van der Waals surface area contributed by atoms with E-state index in [0.717, 1.165) is 47.8 Å². The van der Waals surface area contributed by atoms with Gasteiger partial charge in [0.2, 0.25) is 0 Å². The fourth-order valence-electron chi connectivity index (χ4n) is 3.96. The third-order valence-electron chi connectivity index (χ3n) is 5.90. The van der Waals surface area contributed by atoms with E-state index in [-0.39, 0.29) is 5.41 Å². The van der Waals surface area contributed by atoms with Crippen LogP contribution in [0, 0.1) is 0 Å². The summed E-state index contributed by atoms with van der Waals surface area (Å²) in [4.78, 5) is 2.35. The number of anilines is 2. The quantitative estimate of drug-likeness (QED) is 0.889. The van der Waals surface area contributed by atoms with E-state index in [0.29, 0.717) is 11.6 Å². The third kappa shape index (κ3) is 2.28. The van der Waals surface area contributed by atoms with E-state index in [1.807, 2.05) is 0 Å². The van der Waals surface area contributed by atoms with Crippen LogP contribution < -0.4 is 9.62 Å². The van der Waals surface area contributed by atoms with Gasteiger partial charge in [-0.25, -0.2) is 0 Å². The highest BCUT2D eigenvalue weighted by atomic mass is 32.2. The first-order valence-electron chi connectivity index (χ1n) is 8.98. The fraction of sp³-hybridized carbons (Fsp3) is 0.500. The van der Waals surface area contributed by atoms with Gasteiger partial charge in [-0.05, 0) is 43.4 Å². The van der Waals surface area contributed by atoms with Gasteiger partial charge in [0, 0.05) is 49.4 Å². The highest BCUT2D eigenvalue weighted by Crippen LogP contribution is 2.58. The first kappa shape index (κ1) is 16.1. The first-order valence-corrected chi connectivity index (χ1v) is 10.4. The van der Waals surface area contributed by atoms with Gasteiger partial charge in [0.1, 0.15) is 0 Å². The predicted octanol–water partition coefficient (Wildman–Crippen LogP) is 2.36. The normalized spacial score (nSPS) is 19.9. The minimum atomic E-state index is -3.61. The monoisotopic (exact) mass is 374 g/mol.